The van der Waals surface area contributed by atoms with Crippen LogP contribution < -0.4 is 9.47 Å². The summed E-state index contributed by atoms with van der Waals surface area (Å²) in [5, 5.41) is 0. The van der Waals surface area contributed by atoms with E-state index >= 15 is 0 Å². The third-order valence-corrected chi connectivity index (χ3v) is 21.7. The normalized spacial score (nSPS) is 27.8. The highest BCUT2D eigenvalue weighted by Crippen LogP contribution is 2.50. The average Bonchev–Trinajstić information content (AvgIpc) is 3.54. The van der Waals surface area contributed by atoms with Crippen LogP contribution in [0.4, 0.5) is 61.5 Å². The zero-order valence-corrected chi connectivity index (χ0v) is 52.4. The van der Waals surface area contributed by atoms with Crippen LogP contribution in [-0.4, -0.2) is 12.2 Å². The summed E-state index contributed by atoms with van der Waals surface area (Å²) in [6, 6.07) is 8.48. The highest BCUT2D eigenvalue weighted by Gasteiger charge is 2.47. The zero-order valence-electron chi connectivity index (χ0n) is 52.4. The fourth-order valence-electron chi connectivity index (χ4n) is 16.5. The molecule has 4 aromatic rings. The minimum absolute atomic E-state index is 0.0165. The van der Waals surface area contributed by atoms with Gasteiger partial charge in [-0.3, -0.25) is 0 Å². The predicted octanol–water partition coefficient (Wildman–Crippen LogP) is 24.5. The van der Waals surface area contributed by atoms with Crippen molar-refractivity contribution >= 4 is 0 Å². The Morgan fingerprint density at radius 2 is 0.652 bits per heavy atom. The van der Waals surface area contributed by atoms with Crippen LogP contribution in [0.25, 0.3) is 11.1 Å². The number of hydrogen-bond donors (Lipinski definition) is 0. The van der Waals surface area contributed by atoms with E-state index < -0.39 is 93.7 Å². The van der Waals surface area contributed by atoms with Gasteiger partial charge in [0.2, 0.25) is 0 Å². The van der Waals surface area contributed by atoms with Gasteiger partial charge in [-0.2, -0.15) is 17.6 Å². The minimum atomic E-state index is -3.53. The number of rotatable bonds is 19. The molecule has 0 amide bonds. The smallest absolute Gasteiger partial charge is 0.400 e. The number of ether oxygens (including phenoxy) is 2. The molecule has 0 aliphatic heterocycles. The third-order valence-electron chi connectivity index (χ3n) is 21.7. The van der Waals surface area contributed by atoms with Crippen molar-refractivity contribution < 1.29 is 70.9 Å². The molecule has 6 fully saturated rings. The Balaban J connectivity index is 0.000000173. The first-order valence-corrected chi connectivity index (χ1v) is 33.9. The van der Waals surface area contributed by atoms with Crippen LogP contribution >= 0.6 is 0 Å². The Hall–Kier alpha value is -4.50. The SMILES string of the molecule is CCCC1CCC(C2CCC(C(F)(F)Oc3cc(F)c(F)c(F)c3)CC2)CC1.CCCC1CCC(C2CCC(c3ccc(-c4cc(F)c(F)c(F)c4)c(F)c3)CC2)CC1.CCCCCC1CCC(C2CCC(C(F)(F)Oc3cc(F)c(F)c(F)c3)CC2)CC1. The molecule has 6 saturated carbocycles. The Bertz CT molecular complexity index is 2740. The van der Waals surface area contributed by atoms with Crippen LogP contribution in [0.5, 0.6) is 11.5 Å². The summed E-state index contributed by atoms with van der Waals surface area (Å²) >= 11 is 0. The molecule has 2 nitrogen and oxygen atoms in total. The molecule has 89 heavy (non-hydrogen) atoms. The number of unbranched alkanes of at least 4 members (excludes halogenated alkanes) is 2. The maximum Gasteiger partial charge on any atom is 0.400 e. The quantitative estimate of drug-likeness (QED) is 0.0529. The van der Waals surface area contributed by atoms with Gasteiger partial charge in [0.1, 0.15) is 17.3 Å². The standard InChI is InChI=1S/C27H32F4.C24H33F5O.C22H29F5O/c1-2-3-17-4-6-18(7-5-17)19-8-10-20(11-9-19)21-12-13-23(24(28)14-21)22-15-25(29)27(31)26(30)16-22;1-2-3-4-5-16-6-8-17(9-7-16)18-10-12-19(13-11-18)24(28,29)30-20-14-21(25)23(27)22(26)15-20;1-2-3-14-4-6-15(7-5-14)16-8-10-17(11-9-16)22(26,27)28-18-12-19(23)21(25)20(24)13-18/h12-20H,2-11H2,1H3;14-19H,2-13H2,1H3;12-17H,2-11H2,1H3. The van der Waals surface area contributed by atoms with Crippen molar-refractivity contribution in [2.75, 3.05) is 0 Å². The van der Waals surface area contributed by atoms with Gasteiger partial charge in [-0.15, -0.1) is 0 Å². The van der Waals surface area contributed by atoms with E-state index in [0.717, 1.165) is 85.8 Å². The van der Waals surface area contributed by atoms with Gasteiger partial charge in [0.15, 0.2) is 52.4 Å². The van der Waals surface area contributed by atoms with Crippen LogP contribution in [-0.2, 0) is 0 Å². The molecule has 6 aliphatic rings. The van der Waals surface area contributed by atoms with E-state index in [4.69, 9.17) is 0 Å². The largest absolute Gasteiger partial charge is 0.432 e. The van der Waals surface area contributed by atoms with Crippen LogP contribution in [0.3, 0.4) is 0 Å². The lowest BCUT2D eigenvalue weighted by Crippen LogP contribution is -2.38. The van der Waals surface area contributed by atoms with Gasteiger partial charge in [-0.05, 0) is 204 Å². The molecule has 0 saturated heterocycles. The van der Waals surface area contributed by atoms with E-state index in [2.05, 4.69) is 30.2 Å². The van der Waals surface area contributed by atoms with Crippen LogP contribution in [0, 0.1) is 123 Å². The maximum atomic E-state index is 14.8. The third kappa shape index (κ3) is 19.3. The summed E-state index contributed by atoms with van der Waals surface area (Å²) in [5.74, 6) is -10.7. The van der Waals surface area contributed by atoms with Crippen molar-refractivity contribution in [2.24, 2.45) is 65.1 Å². The van der Waals surface area contributed by atoms with Gasteiger partial charge >= 0.3 is 12.2 Å². The molecule has 16 heteroatoms. The fraction of sp³-hybridized carbons (Fsp3) is 0.671. The second-order valence-electron chi connectivity index (χ2n) is 27.5. The highest BCUT2D eigenvalue weighted by molar-refractivity contribution is 5.65. The van der Waals surface area contributed by atoms with Crippen molar-refractivity contribution in [1.82, 2.24) is 0 Å². The van der Waals surface area contributed by atoms with E-state index in [9.17, 15) is 61.5 Å². The highest BCUT2D eigenvalue weighted by atomic mass is 19.3. The first kappa shape index (κ1) is 70.4. The fourth-order valence-corrected chi connectivity index (χ4v) is 16.5. The molecule has 0 heterocycles. The van der Waals surface area contributed by atoms with Crippen molar-refractivity contribution in [2.45, 2.75) is 244 Å². The maximum absolute atomic E-state index is 14.8. The van der Waals surface area contributed by atoms with Gasteiger partial charge in [0.25, 0.3) is 0 Å². The minimum Gasteiger partial charge on any atom is -0.432 e. The lowest BCUT2D eigenvalue weighted by Gasteiger charge is -2.39. The molecule has 0 unspecified atom stereocenters. The van der Waals surface area contributed by atoms with E-state index in [1.54, 1.807) is 6.07 Å². The van der Waals surface area contributed by atoms with Crippen molar-refractivity contribution in [3.63, 3.8) is 0 Å². The van der Waals surface area contributed by atoms with Crippen LogP contribution in [0.1, 0.15) is 238 Å². The summed E-state index contributed by atoms with van der Waals surface area (Å²) in [4.78, 5) is 0. The molecule has 0 spiro atoms. The lowest BCUT2D eigenvalue weighted by atomic mass is 9.68. The summed E-state index contributed by atoms with van der Waals surface area (Å²) in [6.07, 6.45) is 27.4. The Labute approximate surface area is 519 Å². The van der Waals surface area contributed by atoms with Gasteiger partial charge in [-0.1, -0.05) is 123 Å². The first-order valence-electron chi connectivity index (χ1n) is 33.9. The van der Waals surface area contributed by atoms with Crippen molar-refractivity contribution in [3.05, 3.63) is 118 Å². The Morgan fingerprint density at radius 1 is 0.337 bits per heavy atom. The van der Waals surface area contributed by atoms with Crippen molar-refractivity contribution in [3.8, 4) is 22.6 Å². The number of hydrogen-bond acceptors (Lipinski definition) is 2. The van der Waals surface area contributed by atoms with Gasteiger partial charge in [-0.25, -0.2) is 43.9 Å². The second kappa shape index (κ2) is 32.9. The lowest BCUT2D eigenvalue weighted by molar-refractivity contribution is -0.225. The second-order valence-corrected chi connectivity index (χ2v) is 27.5. The molecular formula is C73H94F14O2. The summed E-state index contributed by atoms with van der Waals surface area (Å²) in [7, 11) is 0. The first-order chi connectivity index (χ1) is 42.6. The summed E-state index contributed by atoms with van der Waals surface area (Å²) in [6.45, 7) is 6.71. The molecule has 0 radical (unpaired) electrons. The molecule has 496 valence electrons. The summed E-state index contributed by atoms with van der Waals surface area (Å²) < 4.78 is 202. The molecule has 0 aromatic heterocycles. The van der Waals surface area contributed by atoms with E-state index in [-0.39, 0.29) is 11.1 Å². The average molecular weight is 1270 g/mol. The van der Waals surface area contributed by atoms with E-state index in [1.165, 1.54) is 147 Å². The molecule has 0 bridgehead atoms. The monoisotopic (exact) mass is 1270 g/mol. The number of halogens is 14. The zero-order chi connectivity index (χ0) is 64.0. The molecule has 6 aliphatic carbocycles. The van der Waals surface area contributed by atoms with Gasteiger partial charge in [0.05, 0.1) is 11.8 Å². The molecule has 0 atom stereocenters. The Kier molecular flexibility index (Phi) is 26.0. The van der Waals surface area contributed by atoms with Gasteiger partial charge in [0, 0.05) is 29.8 Å². The van der Waals surface area contributed by atoms with Crippen molar-refractivity contribution in [1.29, 1.82) is 0 Å². The summed E-state index contributed by atoms with van der Waals surface area (Å²) in [5.41, 5.74) is 1.07. The topological polar surface area (TPSA) is 18.5 Å². The van der Waals surface area contributed by atoms with Crippen LogP contribution in [0.2, 0.25) is 0 Å². The molecule has 4 aromatic carbocycles. The van der Waals surface area contributed by atoms with E-state index in [1.807, 2.05) is 6.07 Å². The predicted molar refractivity (Wildman–Crippen MR) is 321 cm³/mol. The number of benzene rings is 4. The molecule has 0 N–H and O–H groups in total. The molecular weight excluding hydrogens is 1170 g/mol. The molecule has 10 rings (SSSR count). The van der Waals surface area contributed by atoms with E-state index in [0.29, 0.717) is 79.5 Å². The Morgan fingerprint density at radius 3 is 0.978 bits per heavy atom. The van der Waals surface area contributed by atoms with Gasteiger partial charge < -0.3 is 9.47 Å². The number of alkyl halides is 4. The van der Waals surface area contributed by atoms with Crippen LogP contribution in [0.15, 0.2) is 54.6 Å².